The van der Waals surface area contributed by atoms with E-state index in [-0.39, 0.29) is 24.5 Å². The van der Waals surface area contributed by atoms with Crippen molar-refractivity contribution >= 4 is 11.9 Å². The molecule has 1 amide bonds. The number of carbonyl (C=O) groups excluding carboxylic acids is 1. The Bertz CT molecular complexity index is 521. The Hall–Kier alpha value is -2.04. The number of nitrogens with one attached hydrogen (secondary N) is 1. The Kier molecular flexibility index (Phi) is 4.27. The summed E-state index contributed by atoms with van der Waals surface area (Å²) in [5, 5.41) is 11.5. The topological polar surface area (TPSA) is 75.6 Å². The molecule has 5 heteroatoms. The van der Waals surface area contributed by atoms with Gasteiger partial charge >= 0.3 is 5.97 Å². The first kappa shape index (κ1) is 14.4. The molecule has 1 aliphatic rings. The van der Waals surface area contributed by atoms with Crippen molar-refractivity contribution in [2.75, 3.05) is 6.61 Å². The lowest BCUT2D eigenvalue weighted by Gasteiger charge is -2.32. The van der Waals surface area contributed by atoms with Crippen molar-refractivity contribution < 1.29 is 19.4 Å². The van der Waals surface area contributed by atoms with Crippen LogP contribution in [0, 0.1) is 19.8 Å². The van der Waals surface area contributed by atoms with Crippen LogP contribution in [0.1, 0.15) is 24.0 Å². The maximum Gasteiger partial charge on any atom is 0.306 e. The number of carboxylic acids is 1. The lowest BCUT2D eigenvalue weighted by molar-refractivity contribution is -0.146. The molecule has 1 saturated carbocycles. The van der Waals surface area contributed by atoms with Crippen molar-refractivity contribution in [2.45, 2.75) is 32.7 Å². The van der Waals surface area contributed by atoms with Gasteiger partial charge in [0.1, 0.15) is 5.75 Å². The SMILES string of the molecule is Cc1ccc(OCC(=O)NC2CC(C(=O)O)C2)c(C)c1. The summed E-state index contributed by atoms with van der Waals surface area (Å²) in [4.78, 5) is 22.3. The van der Waals surface area contributed by atoms with Crippen LogP contribution in [0.25, 0.3) is 0 Å². The van der Waals surface area contributed by atoms with Crippen molar-refractivity contribution in [1.82, 2.24) is 5.32 Å². The van der Waals surface area contributed by atoms with Crippen LogP contribution < -0.4 is 10.1 Å². The number of benzene rings is 1. The summed E-state index contributed by atoms with van der Waals surface area (Å²) < 4.78 is 5.47. The first-order valence-electron chi connectivity index (χ1n) is 6.68. The number of aliphatic carboxylic acids is 1. The summed E-state index contributed by atoms with van der Waals surface area (Å²) in [7, 11) is 0. The zero-order valence-electron chi connectivity index (χ0n) is 11.7. The Morgan fingerprint density at radius 2 is 2.05 bits per heavy atom. The molecule has 0 atom stereocenters. The number of amides is 1. The van der Waals surface area contributed by atoms with Crippen LogP contribution in [0.2, 0.25) is 0 Å². The van der Waals surface area contributed by atoms with E-state index in [1.165, 1.54) is 0 Å². The van der Waals surface area contributed by atoms with Gasteiger partial charge in [-0.1, -0.05) is 17.7 Å². The van der Waals surface area contributed by atoms with Gasteiger partial charge in [-0.25, -0.2) is 0 Å². The number of carboxylic acid groups (broad SMARTS) is 1. The summed E-state index contributed by atoms with van der Waals surface area (Å²) in [6.45, 7) is 3.89. The van der Waals surface area contributed by atoms with Crippen LogP contribution in [0.5, 0.6) is 5.75 Å². The molecular formula is C15H19NO4. The van der Waals surface area contributed by atoms with E-state index in [4.69, 9.17) is 9.84 Å². The summed E-state index contributed by atoms with van der Waals surface area (Å²) in [5.41, 5.74) is 2.14. The average molecular weight is 277 g/mol. The van der Waals surface area contributed by atoms with Crippen LogP contribution in [0.4, 0.5) is 0 Å². The first-order chi connectivity index (χ1) is 9.45. The standard InChI is InChI=1S/C15H19NO4/c1-9-3-4-13(10(2)5-9)20-8-14(17)16-12-6-11(7-12)15(18)19/h3-5,11-12H,6-8H2,1-2H3,(H,16,17)(H,18,19). The molecule has 0 aromatic heterocycles. The molecule has 0 spiro atoms. The minimum absolute atomic E-state index is 0.0358. The van der Waals surface area contributed by atoms with Crippen molar-refractivity contribution in [1.29, 1.82) is 0 Å². The molecule has 108 valence electrons. The van der Waals surface area contributed by atoms with Crippen molar-refractivity contribution in [3.63, 3.8) is 0 Å². The second kappa shape index (κ2) is 5.94. The molecule has 0 heterocycles. The molecule has 20 heavy (non-hydrogen) atoms. The molecule has 1 aliphatic carbocycles. The average Bonchev–Trinajstić information content (AvgIpc) is 2.31. The Balaban J connectivity index is 1.74. The molecular weight excluding hydrogens is 258 g/mol. The molecule has 1 fully saturated rings. The predicted octanol–water partition coefficient (Wildman–Crippen LogP) is 1.66. The van der Waals surface area contributed by atoms with Crippen LogP contribution in [0.15, 0.2) is 18.2 Å². The Morgan fingerprint density at radius 3 is 2.65 bits per heavy atom. The number of rotatable bonds is 5. The van der Waals surface area contributed by atoms with Gasteiger partial charge in [-0.15, -0.1) is 0 Å². The molecule has 2 rings (SSSR count). The van der Waals surface area contributed by atoms with Crippen LogP contribution >= 0.6 is 0 Å². The van der Waals surface area contributed by atoms with E-state index in [0.29, 0.717) is 18.6 Å². The third kappa shape index (κ3) is 3.50. The van der Waals surface area contributed by atoms with Gasteiger partial charge in [-0.2, -0.15) is 0 Å². The highest BCUT2D eigenvalue weighted by Crippen LogP contribution is 2.27. The normalized spacial score (nSPS) is 20.9. The number of carbonyl (C=O) groups is 2. The van der Waals surface area contributed by atoms with Crippen LogP contribution in [-0.4, -0.2) is 29.6 Å². The fourth-order valence-corrected chi connectivity index (χ4v) is 2.31. The van der Waals surface area contributed by atoms with Gasteiger partial charge in [-0.3, -0.25) is 9.59 Å². The van der Waals surface area contributed by atoms with Gasteiger partial charge in [-0.05, 0) is 38.3 Å². The van der Waals surface area contributed by atoms with E-state index in [9.17, 15) is 9.59 Å². The van der Waals surface area contributed by atoms with Gasteiger partial charge in [0.25, 0.3) is 5.91 Å². The number of hydrogen-bond acceptors (Lipinski definition) is 3. The Labute approximate surface area is 117 Å². The van der Waals surface area contributed by atoms with Crippen molar-refractivity contribution in [3.05, 3.63) is 29.3 Å². The molecule has 0 unspecified atom stereocenters. The highest BCUT2D eigenvalue weighted by molar-refractivity contribution is 5.78. The van der Waals surface area contributed by atoms with E-state index >= 15 is 0 Å². The van der Waals surface area contributed by atoms with Crippen LogP contribution in [0.3, 0.4) is 0 Å². The first-order valence-corrected chi connectivity index (χ1v) is 6.68. The lowest BCUT2D eigenvalue weighted by Crippen LogP contribution is -2.48. The minimum atomic E-state index is -0.790. The fraction of sp³-hybridized carbons (Fsp3) is 0.467. The number of aryl methyl sites for hydroxylation is 2. The highest BCUT2D eigenvalue weighted by atomic mass is 16.5. The van der Waals surface area contributed by atoms with Gasteiger partial charge in [0.05, 0.1) is 5.92 Å². The summed E-state index contributed by atoms with van der Waals surface area (Å²) in [5.74, 6) is -0.621. The molecule has 2 N–H and O–H groups in total. The summed E-state index contributed by atoms with van der Waals surface area (Å²) >= 11 is 0. The second-order valence-corrected chi connectivity index (χ2v) is 5.33. The fourth-order valence-electron chi connectivity index (χ4n) is 2.31. The van der Waals surface area contributed by atoms with E-state index in [1.807, 2.05) is 32.0 Å². The number of ether oxygens (including phenoxy) is 1. The quantitative estimate of drug-likeness (QED) is 0.858. The van der Waals surface area contributed by atoms with Gasteiger partial charge in [0.15, 0.2) is 6.61 Å². The molecule has 1 aromatic rings. The maximum absolute atomic E-state index is 11.7. The second-order valence-electron chi connectivity index (χ2n) is 5.33. The predicted molar refractivity (Wildman–Crippen MR) is 73.7 cm³/mol. The zero-order chi connectivity index (χ0) is 14.7. The summed E-state index contributed by atoms with van der Waals surface area (Å²) in [6, 6.07) is 5.74. The van der Waals surface area contributed by atoms with E-state index in [0.717, 1.165) is 11.1 Å². The number of hydrogen-bond donors (Lipinski definition) is 2. The van der Waals surface area contributed by atoms with E-state index < -0.39 is 5.97 Å². The largest absolute Gasteiger partial charge is 0.484 e. The zero-order valence-corrected chi connectivity index (χ0v) is 11.7. The molecule has 0 bridgehead atoms. The van der Waals surface area contributed by atoms with Gasteiger partial charge in [0, 0.05) is 6.04 Å². The van der Waals surface area contributed by atoms with E-state index in [2.05, 4.69) is 5.32 Å². The third-order valence-corrected chi connectivity index (χ3v) is 3.54. The van der Waals surface area contributed by atoms with Gasteiger partial charge < -0.3 is 15.2 Å². The monoisotopic (exact) mass is 277 g/mol. The summed E-state index contributed by atoms with van der Waals surface area (Å²) in [6.07, 6.45) is 1.01. The minimum Gasteiger partial charge on any atom is -0.484 e. The van der Waals surface area contributed by atoms with Crippen molar-refractivity contribution in [3.8, 4) is 5.75 Å². The van der Waals surface area contributed by atoms with E-state index in [1.54, 1.807) is 0 Å². The lowest BCUT2D eigenvalue weighted by atomic mass is 9.80. The third-order valence-electron chi connectivity index (χ3n) is 3.54. The van der Waals surface area contributed by atoms with Crippen molar-refractivity contribution in [2.24, 2.45) is 5.92 Å². The molecule has 5 nitrogen and oxygen atoms in total. The molecule has 0 radical (unpaired) electrons. The van der Waals surface area contributed by atoms with Crippen LogP contribution in [-0.2, 0) is 9.59 Å². The molecule has 0 aliphatic heterocycles. The Morgan fingerprint density at radius 1 is 1.35 bits per heavy atom. The molecule has 1 aromatic carbocycles. The smallest absolute Gasteiger partial charge is 0.306 e. The highest BCUT2D eigenvalue weighted by Gasteiger charge is 2.35. The van der Waals surface area contributed by atoms with Gasteiger partial charge in [0.2, 0.25) is 0 Å². The molecule has 0 saturated heterocycles. The maximum atomic E-state index is 11.7.